The van der Waals surface area contributed by atoms with E-state index in [4.69, 9.17) is 16.3 Å². The first-order valence-corrected chi connectivity index (χ1v) is 10.2. The molecule has 0 aromatic heterocycles. The fraction of sp³-hybridized carbons (Fsp3) is 0.125. The first-order valence-electron chi connectivity index (χ1n) is 9.84. The third-order valence-corrected chi connectivity index (χ3v) is 5.40. The Hall–Kier alpha value is -3.71. The van der Waals surface area contributed by atoms with Gasteiger partial charge in [-0.1, -0.05) is 11.6 Å². The van der Waals surface area contributed by atoms with Crippen molar-refractivity contribution in [1.82, 2.24) is 10.7 Å². The van der Waals surface area contributed by atoms with Crippen LogP contribution in [0, 0.1) is 5.82 Å². The third kappa shape index (κ3) is 4.63. The molecule has 0 saturated carbocycles. The predicted molar refractivity (Wildman–Crippen MR) is 118 cm³/mol. The first kappa shape index (κ1) is 21.5. The number of halogens is 2. The summed E-state index contributed by atoms with van der Waals surface area (Å²) in [7, 11) is 1.57. The van der Waals surface area contributed by atoms with E-state index in [-0.39, 0.29) is 11.7 Å². The molecule has 3 aromatic rings. The van der Waals surface area contributed by atoms with Crippen LogP contribution in [0.15, 0.2) is 72.8 Å². The van der Waals surface area contributed by atoms with Crippen LogP contribution in [0.4, 0.5) is 4.39 Å². The summed E-state index contributed by atoms with van der Waals surface area (Å²) in [6, 6.07) is 18.1. The summed E-state index contributed by atoms with van der Waals surface area (Å²) < 4.78 is 20.1. The molecule has 0 radical (unpaired) electrons. The Kier molecular flexibility index (Phi) is 6.18. The van der Waals surface area contributed by atoms with Crippen molar-refractivity contribution in [2.75, 3.05) is 7.11 Å². The van der Waals surface area contributed by atoms with Crippen LogP contribution in [0.2, 0.25) is 5.02 Å². The summed E-state index contributed by atoms with van der Waals surface area (Å²) >= 11 is 5.90. The maximum Gasteiger partial charge on any atom is 0.304 e. The van der Waals surface area contributed by atoms with E-state index < -0.39 is 18.0 Å². The first-order chi connectivity index (χ1) is 15.4. The molecule has 8 heteroatoms. The van der Waals surface area contributed by atoms with Gasteiger partial charge in [0.25, 0.3) is 5.91 Å². The number of hydrogen-bond donors (Lipinski definition) is 2. The number of nitrogens with zero attached hydrogens (tertiary/aromatic N) is 1. The molecule has 0 spiro atoms. The van der Waals surface area contributed by atoms with Gasteiger partial charge in [-0.05, 0) is 72.8 Å². The topological polar surface area (TPSA) is 70.4 Å². The molecule has 162 valence electrons. The number of carbonyl (C=O) groups is 2. The molecule has 0 aliphatic carbocycles. The number of benzene rings is 3. The Balaban J connectivity index is 1.69. The highest BCUT2D eigenvalue weighted by molar-refractivity contribution is 6.30. The van der Waals surface area contributed by atoms with E-state index in [9.17, 15) is 14.0 Å². The molecule has 2 atom stereocenters. The Morgan fingerprint density at radius 3 is 2.34 bits per heavy atom. The summed E-state index contributed by atoms with van der Waals surface area (Å²) in [6.45, 7) is 0. The smallest absolute Gasteiger partial charge is 0.304 e. The molecule has 1 aliphatic heterocycles. The SMILES string of the molecule is COc1ccc([C@H]2[C@H](NC(=O)c3ccc(Cl)cc3)C(=O)N/[N+]2=C\c2ccc(F)cc2)cc1. The number of rotatable bonds is 5. The Morgan fingerprint density at radius 2 is 1.72 bits per heavy atom. The number of hydrazone groups is 1. The van der Waals surface area contributed by atoms with Crippen molar-refractivity contribution in [3.8, 4) is 5.75 Å². The fourth-order valence-corrected chi connectivity index (χ4v) is 3.64. The minimum atomic E-state index is -0.872. The van der Waals surface area contributed by atoms with E-state index in [0.29, 0.717) is 21.9 Å². The van der Waals surface area contributed by atoms with Gasteiger partial charge in [0.05, 0.1) is 7.11 Å². The minimum absolute atomic E-state index is 0.354. The second-order valence-corrected chi connectivity index (χ2v) is 7.68. The van der Waals surface area contributed by atoms with Gasteiger partial charge in [-0.3, -0.25) is 9.59 Å². The van der Waals surface area contributed by atoms with Gasteiger partial charge in [-0.15, -0.1) is 10.1 Å². The summed E-state index contributed by atoms with van der Waals surface area (Å²) in [6.07, 6.45) is 1.70. The van der Waals surface area contributed by atoms with E-state index in [0.717, 1.165) is 5.56 Å². The molecule has 6 nitrogen and oxygen atoms in total. The van der Waals surface area contributed by atoms with Crippen LogP contribution < -0.4 is 15.5 Å². The highest BCUT2D eigenvalue weighted by Gasteiger charge is 2.47. The molecule has 0 bridgehead atoms. The van der Waals surface area contributed by atoms with Gasteiger partial charge in [0.1, 0.15) is 11.6 Å². The van der Waals surface area contributed by atoms with Crippen LogP contribution in [0.3, 0.4) is 0 Å². The van der Waals surface area contributed by atoms with E-state index in [1.807, 2.05) is 12.1 Å². The van der Waals surface area contributed by atoms with Crippen LogP contribution in [0.5, 0.6) is 5.75 Å². The quantitative estimate of drug-likeness (QED) is 0.582. The van der Waals surface area contributed by atoms with Crippen molar-refractivity contribution in [3.05, 3.63) is 100 Å². The lowest BCUT2D eigenvalue weighted by molar-refractivity contribution is -0.596. The molecule has 1 aliphatic rings. The lowest BCUT2D eigenvalue weighted by Gasteiger charge is -2.15. The fourth-order valence-electron chi connectivity index (χ4n) is 3.52. The van der Waals surface area contributed by atoms with Gasteiger partial charge in [0.15, 0.2) is 6.04 Å². The Labute approximate surface area is 189 Å². The van der Waals surface area contributed by atoms with Gasteiger partial charge in [-0.2, -0.15) is 0 Å². The van der Waals surface area contributed by atoms with Crippen LogP contribution in [0.1, 0.15) is 27.5 Å². The average molecular weight is 453 g/mol. The zero-order valence-electron chi connectivity index (χ0n) is 17.1. The van der Waals surface area contributed by atoms with E-state index in [1.165, 1.54) is 12.1 Å². The minimum Gasteiger partial charge on any atom is -0.497 e. The maximum absolute atomic E-state index is 13.3. The molecule has 4 rings (SSSR count). The number of nitrogens with one attached hydrogen (secondary N) is 2. The number of amides is 2. The van der Waals surface area contributed by atoms with Crippen molar-refractivity contribution >= 4 is 29.6 Å². The monoisotopic (exact) mass is 452 g/mol. The van der Waals surface area contributed by atoms with Crippen LogP contribution in [0.25, 0.3) is 0 Å². The van der Waals surface area contributed by atoms with Crippen LogP contribution in [-0.4, -0.2) is 35.9 Å². The Bertz CT molecular complexity index is 1160. The van der Waals surface area contributed by atoms with Gasteiger partial charge in [-0.25, -0.2) is 4.39 Å². The molecule has 2 N–H and O–H groups in total. The second-order valence-electron chi connectivity index (χ2n) is 7.24. The van der Waals surface area contributed by atoms with Crippen molar-refractivity contribution in [2.45, 2.75) is 12.1 Å². The molecule has 1 heterocycles. The average Bonchev–Trinajstić information content (AvgIpc) is 3.10. The highest BCUT2D eigenvalue weighted by Crippen LogP contribution is 2.27. The van der Waals surface area contributed by atoms with E-state index >= 15 is 0 Å². The van der Waals surface area contributed by atoms with Crippen molar-refractivity contribution in [1.29, 1.82) is 0 Å². The Morgan fingerprint density at radius 1 is 1.06 bits per heavy atom. The summed E-state index contributed by atoms with van der Waals surface area (Å²) in [5, 5.41) is 3.33. The molecule has 0 unspecified atom stereocenters. The number of ether oxygens (including phenoxy) is 1. The molecular weight excluding hydrogens is 433 g/mol. The van der Waals surface area contributed by atoms with Crippen molar-refractivity contribution in [2.24, 2.45) is 0 Å². The van der Waals surface area contributed by atoms with Crippen LogP contribution >= 0.6 is 11.6 Å². The van der Waals surface area contributed by atoms with Gasteiger partial charge in [0, 0.05) is 21.7 Å². The number of hydrazine groups is 1. The lowest BCUT2D eigenvalue weighted by atomic mass is 9.99. The summed E-state index contributed by atoms with van der Waals surface area (Å²) in [4.78, 5) is 25.7. The zero-order valence-corrected chi connectivity index (χ0v) is 17.8. The lowest BCUT2D eigenvalue weighted by Crippen LogP contribution is -2.42. The predicted octanol–water partition coefficient (Wildman–Crippen LogP) is 3.50. The highest BCUT2D eigenvalue weighted by atomic mass is 35.5. The number of methoxy groups -OCH3 is 1. The summed E-state index contributed by atoms with van der Waals surface area (Å²) in [5.74, 6) is -0.454. The molecule has 1 saturated heterocycles. The number of carbonyl (C=O) groups excluding carboxylic acids is 2. The van der Waals surface area contributed by atoms with Crippen LogP contribution in [-0.2, 0) is 4.79 Å². The number of hydrogen-bond acceptors (Lipinski definition) is 3. The standard InChI is InChI=1S/C24H19ClFN3O3/c1-32-20-12-6-16(7-13-20)22-21(27-23(30)17-4-8-18(25)9-5-17)24(31)28-29(22)14-15-2-10-19(26)11-3-15/h2-14,21-22H,1H3,(H-,27,28,30,31)/p+1/b29-14-/t21-,22-/m0/s1. The summed E-state index contributed by atoms with van der Waals surface area (Å²) in [5.41, 5.74) is 4.65. The molecule has 3 aromatic carbocycles. The molecule has 2 amide bonds. The third-order valence-electron chi connectivity index (χ3n) is 5.15. The largest absolute Gasteiger partial charge is 0.497 e. The van der Waals surface area contributed by atoms with Gasteiger partial charge < -0.3 is 10.1 Å². The molecule has 1 fully saturated rings. The van der Waals surface area contributed by atoms with Crippen molar-refractivity contribution in [3.63, 3.8) is 0 Å². The zero-order chi connectivity index (χ0) is 22.7. The van der Waals surface area contributed by atoms with E-state index in [2.05, 4.69) is 10.7 Å². The normalized spacial score (nSPS) is 19.0. The van der Waals surface area contributed by atoms with Crippen molar-refractivity contribution < 1.29 is 23.4 Å². The maximum atomic E-state index is 13.3. The molecular formula is C24H20ClFN3O3+. The second kappa shape index (κ2) is 9.20. The van der Waals surface area contributed by atoms with Gasteiger partial charge in [0.2, 0.25) is 12.3 Å². The van der Waals surface area contributed by atoms with Gasteiger partial charge >= 0.3 is 5.91 Å². The molecule has 32 heavy (non-hydrogen) atoms. The van der Waals surface area contributed by atoms with E-state index in [1.54, 1.807) is 66.5 Å².